The minimum absolute atomic E-state index is 0.0162. The predicted molar refractivity (Wildman–Crippen MR) is 77.9 cm³/mol. The van der Waals surface area contributed by atoms with Gasteiger partial charge in [-0.25, -0.2) is 9.78 Å². The van der Waals surface area contributed by atoms with Gasteiger partial charge in [-0.15, -0.1) is 11.3 Å². The Balaban J connectivity index is 2.03. The Hall–Kier alpha value is -1.44. The highest BCUT2D eigenvalue weighted by Gasteiger charge is 2.16. The number of hydrogen-bond acceptors (Lipinski definition) is 7. The molecule has 0 radical (unpaired) electrons. The van der Waals surface area contributed by atoms with Gasteiger partial charge in [-0.3, -0.25) is 4.79 Å². The number of carbonyl (C=O) groups is 2. The first-order valence-electron chi connectivity index (χ1n) is 5.97. The van der Waals surface area contributed by atoms with Crippen LogP contribution in [0.3, 0.4) is 0 Å². The second-order valence-electron chi connectivity index (χ2n) is 3.87. The molecular formula is C13H13NO4S2. The second-order valence-corrected chi connectivity index (χ2v) is 6.13. The van der Waals surface area contributed by atoms with Crippen LogP contribution in [0, 0.1) is 0 Å². The van der Waals surface area contributed by atoms with Gasteiger partial charge in [0.15, 0.2) is 4.34 Å². The van der Waals surface area contributed by atoms with Crippen LogP contribution < -0.4 is 0 Å². The Kier molecular flexibility index (Phi) is 5.11. The minimum Gasteiger partial charge on any atom is -0.460 e. The van der Waals surface area contributed by atoms with Crippen LogP contribution in [-0.4, -0.2) is 34.2 Å². The van der Waals surface area contributed by atoms with E-state index in [1.165, 1.54) is 23.1 Å². The summed E-state index contributed by atoms with van der Waals surface area (Å²) in [4.78, 5) is 27.0. The lowest BCUT2D eigenvalue weighted by Gasteiger charge is -1.98. The summed E-state index contributed by atoms with van der Waals surface area (Å²) in [5.41, 5.74) is 1.64. The number of rotatable bonds is 6. The molecule has 0 fully saturated rings. The van der Waals surface area contributed by atoms with Gasteiger partial charge in [0, 0.05) is 0 Å². The Morgan fingerprint density at radius 1 is 1.45 bits per heavy atom. The number of nitrogens with zero attached hydrogens (tertiary/aromatic N) is 1. The van der Waals surface area contributed by atoms with Crippen LogP contribution >= 0.6 is 23.1 Å². The number of ether oxygens (including phenoxy) is 1. The number of benzene rings is 1. The third-order valence-electron chi connectivity index (χ3n) is 2.45. The first-order valence-corrected chi connectivity index (χ1v) is 7.77. The zero-order valence-corrected chi connectivity index (χ0v) is 12.4. The van der Waals surface area contributed by atoms with Crippen LogP contribution in [0.2, 0.25) is 0 Å². The summed E-state index contributed by atoms with van der Waals surface area (Å²) in [6.07, 6.45) is 0. The zero-order chi connectivity index (χ0) is 14.5. The first-order chi connectivity index (χ1) is 9.63. The molecule has 0 bridgehead atoms. The number of carbonyl (C=O) groups excluding carboxylic acids is 2. The molecule has 0 saturated carbocycles. The minimum atomic E-state index is -0.802. The van der Waals surface area contributed by atoms with Crippen LogP contribution in [0.15, 0.2) is 22.5 Å². The molecule has 0 amide bonds. The highest BCUT2D eigenvalue weighted by Crippen LogP contribution is 2.30. The smallest absolute Gasteiger partial charge is 0.375 e. The van der Waals surface area contributed by atoms with Crippen molar-refractivity contribution in [1.82, 2.24) is 4.98 Å². The molecule has 0 aliphatic carbocycles. The van der Waals surface area contributed by atoms with E-state index in [-0.39, 0.29) is 19.0 Å². The number of esters is 1. The van der Waals surface area contributed by atoms with Crippen molar-refractivity contribution >= 4 is 45.1 Å². The molecule has 0 atom stereocenters. The number of aliphatic hydroxyl groups is 1. The lowest BCUT2D eigenvalue weighted by Crippen LogP contribution is -2.19. The van der Waals surface area contributed by atoms with Crippen molar-refractivity contribution in [3.05, 3.63) is 23.8 Å². The van der Waals surface area contributed by atoms with Crippen molar-refractivity contribution in [3.8, 4) is 0 Å². The maximum atomic E-state index is 11.5. The lowest BCUT2D eigenvalue weighted by molar-refractivity contribution is -0.152. The number of thioether (sulfide) groups is 1. The molecule has 5 nitrogen and oxygen atoms in total. The molecule has 1 aromatic heterocycles. The SMILES string of the molecule is CCOC(=O)C(=O)CSc1nc2ccc(CO)cc2s1. The van der Waals surface area contributed by atoms with Crippen LogP contribution in [0.4, 0.5) is 0 Å². The van der Waals surface area contributed by atoms with Gasteiger partial charge in [0.1, 0.15) is 0 Å². The van der Waals surface area contributed by atoms with Gasteiger partial charge >= 0.3 is 5.97 Å². The van der Waals surface area contributed by atoms with E-state index >= 15 is 0 Å². The van der Waals surface area contributed by atoms with Gasteiger partial charge in [-0.05, 0) is 24.6 Å². The summed E-state index contributed by atoms with van der Waals surface area (Å²) >= 11 is 2.65. The monoisotopic (exact) mass is 311 g/mol. The molecule has 0 spiro atoms. The molecule has 2 aromatic rings. The van der Waals surface area contributed by atoms with Gasteiger partial charge in [0.2, 0.25) is 5.78 Å². The molecule has 1 heterocycles. The highest BCUT2D eigenvalue weighted by atomic mass is 32.2. The van der Waals surface area contributed by atoms with E-state index in [4.69, 9.17) is 5.11 Å². The molecule has 0 aliphatic rings. The van der Waals surface area contributed by atoms with Crippen LogP contribution in [0.1, 0.15) is 12.5 Å². The van der Waals surface area contributed by atoms with Gasteiger partial charge in [0.25, 0.3) is 0 Å². The van der Waals surface area contributed by atoms with E-state index in [2.05, 4.69) is 9.72 Å². The number of Topliss-reactive ketones (excluding diaryl/α,β-unsaturated/α-hetero) is 1. The van der Waals surface area contributed by atoms with Crippen molar-refractivity contribution in [1.29, 1.82) is 0 Å². The Labute approximate surface area is 124 Å². The summed E-state index contributed by atoms with van der Waals surface area (Å²) in [7, 11) is 0. The summed E-state index contributed by atoms with van der Waals surface area (Å²) in [6, 6.07) is 5.50. The van der Waals surface area contributed by atoms with Crippen molar-refractivity contribution < 1.29 is 19.4 Å². The Morgan fingerprint density at radius 2 is 2.25 bits per heavy atom. The molecule has 20 heavy (non-hydrogen) atoms. The van der Waals surface area contributed by atoms with Crippen molar-refractivity contribution in [2.45, 2.75) is 17.9 Å². The molecule has 106 valence electrons. The summed E-state index contributed by atoms with van der Waals surface area (Å²) < 4.78 is 6.30. The number of aromatic nitrogens is 1. The summed E-state index contributed by atoms with van der Waals surface area (Å²) in [5, 5.41) is 9.07. The fraction of sp³-hybridized carbons (Fsp3) is 0.308. The number of hydrogen-bond donors (Lipinski definition) is 1. The topological polar surface area (TPSA) is 76.5 Å². The largest absolute Gasteiger partial charge is 0.460 e. The molecule has 0 aliphatic heterocycles. The molecule has 2 rings (SSSR count). The van der Waals surface area contributed by atoms with E-state index in [9.17, 15) is 9.59 Å². The number of thiazole rings is 1. The van der Waals surface area contributed by atoms with Crippen molar-refractivity contribution in [2.24, 2.45) is 0 Å². The molecule has 0 saturated heterocycles. The van der Waals surface area contributed by atoms with Gasteiger partial charge < -0.3 is 9.84 Å². The van der Waals surface area contributed by atoms with Crippen LogP contribution in [0.25, 0.3) is 10.2 Å². The first kappa shape index (κ1) is 15.0. The standard InChI is InChI=1S/C13H13NO4S2/c1-2-18-12(17)10(16)7-19-13-14-9-4-3-8(6-15)5-11(9)20-13/h3-5,15H,2,6-7H2,1H3. The van der Waals surface area contributed by atoms with E-state index in [1.807, 2.05) is 12.1 Å². The number of ketones is 1. The highest BCUT2D eigenvalue weighted by molar-refractivity contribution is 8.01. The average molecular weight is 311 g/mol. The third-order valence-corrected chi connectivity index (χ3v) is 4.61. The summed E-state index contributed by atoms with van der Waals surface area (Å²) in [6.45, 7) is 1.84. The number of aliphatic hydroxyl groups excluding tert-OH is 1. The quantitative estimate of drug-likeness (QED) is 0.499. The predicted octanol–water partition coefficient (Wildman–Crippen LogP) is 2.01. The van der Waals surface area contributed by atoms with Crippen LogP contribution in [-0.2, 0) is 20.9 Å². The van der Waals surface area contributed by atoms with Crippen LogP contribution in [0.5, 0.6) is 0 Å². The second kappa shape index (κ2) is 6.83. The molecule has 1 N–H and O–H groups in total. The van der Waals surface area contributed by atoms with Gasteiger partial charge in [0.05, 0.1) is 29.2 Å². The number of fused-ring (bicyclic) bond motifs is 1. The Bertz CT molecular complexity index is 638. The fourth-order valence-electron chi connectivity index (χ4n) is 1.51. The van der Waals surface area contributed by atoms with E-state index in [0.29, 0.717) is 4.34 Å². The maximum absolute atomic E-state index is 11.5. The normalized spacial score (nSPS) is 10.7. The summed E-state index contributed by atoms with van der Waals surface area (Å²) in [5.74, 6) is -1.35. The van der Waals surface area contributed by atoms with Crippen molar-refractivity contribution in [2.75, 3.05) is 12.4 Å². The molecular weight excluding hydrogens is 298 g/mol. The fourth-order valence-corrected chi connectivity index (χ4v) is 3.48. The molecule has 0 unspecified atom stereocenters. The van der Waals surface area contributed by atoms with Crippen molar-refractivity contribution in [3.63, 3.8) is 0 Å². The van der Waals surface area contributed by atoms with E-state index in [0.717, 1.165) is 15.8 Å². The third kappa shape index (κ3) is 3.56. The molecule has 7 heteroatoms. The van der Waals surface area contributed by atoms with E-state index < -0.39 is 11.8 Å². The van der Waals surface area contributed by atoms with Gasteiger partial charge in [-0.1, -0.05) is 17.8 Å². The lowest BCUT2D eigenvalue weighted by atomic mass is 10.2. The van der Waals surface area contributed by atoms with E-state index in [1.54, 1.807) is 13.0 Å². The maximum Gasteiger partial charge on any atom is 0.375 e. The molecule has 1 aromatic carbocycles. The Morgan fingerprint density at radius 3 is 2.95 bits per heavy atom. The average Bonchev–Trinajstić information content (AvgIpc) is 2.86. The van der Waals surface area contributed by atoms with Gasteiger partial charge in [-0.2, -0.15) is 0 Å². The zero-order valence-electron chi connectivity index (χ0n) is 10.8.